The summed E-state index contributed by atoms with van der Waals surface area (Å²) in [7, 11) is 3.56. The van der Waals surface area contributed by atoms with Crippen LogP contribution in [0, 0.1) is 5.41 Å². The molecule has 6 nitrogen and oxygen atoms in total. The minimum Gasteiger partial charge on any atom is -0.378 e. The molecule has 124 valence electrons. The second-order valence-electron chi connectivity index (χ2n) is 6.78. The summed E-state index contributed by atoms with van der Waals surface area (Å²) in [5.74, 6) is 0.674. The van der Waals surface area contributed by atoms with E-state index < -0.39 is 0 Å². The fraction of sp³-hybridized carbons (Fsp3) is 0.750. The molecule has 0 bridgehead atoms. The summed E-state index contributed by atoms with van der Waals surface area (Å²) in [5, 5.41) is 6.80. The van der Waals surface area contributed by atoms with Crippen LogP contribution in [-0.4, -0.2) is 41.9 Å². The van der Waals surface area contributed by atoms with Crippen molar-refractivity contribution in [3.8, 4) is 0 Å². The third-order valence-corrected chi connectivity index (χ3v) is 5.40. The van der Waals surface area contributed by atoms with Gasteiger partial charge in [-0.25, -0.2) is 4.79 Å². The number of rotatable bonds is 5. The standard InChI is InChI=1S/C16H27N3O3/c1-7-11-8-12(22-18-11)10-17-14(20)19(5)13-9-16(4,21-6)15(13,2)3/h8,13H,7,9-10H2,1-6H3,(H,17,20)/t13-,16-/m1/s1. The number of hydrogen-bond donors (Lipinski definition) is 1. The number of aromatic nitrogens is 1. The highest BCUT2D eigenvalue weighted by Gasteiger charge is 2.59. The lowest BCUT2D eigenvalue weighted by Crippen LogP contribution is -2.69. The molecule has 6 heteroatoms. The van der Waals surface area contributed by atoms with Crippen molar-refractivity contribution in [1.82, 2.24) is 15.4 Å². The number of aryl methyl sites for hydroxylation is 1. The first-order valence-electron chi connectivity index (χ1n) is 7.75. The van der Waals surface area contributed by atoms with Crippen LogP contribution in [0.15, 0.2) is 10.6 Å². The van der Waals surface area contributed by atoms with Gasteiger partial charge >= 0.3 is 6.03 Å². The SMILES string of the molecule is CCc1cc(CNC(=O)N(C)[C@@H]2C[C@@](C)(OC)C2(C)C)on1. The summed E-state index contributed by atoms with van der Waals surface area (Å²) in [5.41, 5.74) is 0.622. The van der Waals surface area contributed by atoms with Gasteiger partial charge in [0.1, 0.15) is 0 Å². The van der Waals surface area contributed by atoms with Crippen molar-refractivity contribution >= 4 is 6.03 Å². The summed E-state index contributed by atoms with van der Waals surface area (Å²) in [6.45, 7) is 8.73. The molecule has 1 saturated carbocycles. The van der Waals surface area contributed by atoms with Crippen LogP contribution in [0.5, 0.6) is 0 Å². The first-order chi connectivity index (χ1) is 10.2. The van der Waals surface area contributed by atoms with Crippen LogP contribution >= 0.6 is 0 Å². The van der Waals surface area contributed by atoms with E-state index in [1.54, 1.807) is 12.0 Å². The number of hydrogen-bond acceptors (Lipinski definition) is 4. The molecule has 1 aliphatic carbocycles. The fourth-order valence-corrected chi connectivity index (χ4v) is 3.11. The monoisotopic (exact) mass is 309 g/mol. The normalized spacial score (nSPS) is 26.4. The minimum atomic E-state index is -0.187. The van der Waals surface area contributed by atoms with E-state index in [2.05, 4.69) is 31.2 Å². The second kappa shape index (κ2) is 5.91. The Bertz CT molecular complexity index is 540. The van der Waals surface area contributed by atoms with E-state index in [9.17, 15) is 4.79 Å². The second-order valence-corrected chi connectivity index (χ2v) is 6.78. The van der Waals surface area contributed by atoms with E-state index in [-0.39, 0.29) is 23.1 Å². The highest BCUT2D eigenvalue weighted by atomic mass is 16.5. The van der Waals surface area contributed by atoms with Gasteiger partial charge < -0.3 is 19.5 Å². The Hall–Kier alpha value is -1.56. The van der Waals surface area contributed by atoms with E-state index in [0.29, 0.717) is 12.3 Å². The lowest BCUT2D eigenvalue weighted by Gasteiger charge is -2.61. The largest absolute Gasteiger partial charge is 0.378 e. The quantitative estimate of drug-likeness (QED) is 0.908. The highest BCUT2D eigenvalue weighted by Crippen LogP contribution is 2.53. The van der Waals surface area contributed by atoms with Crippen LogP contribution in [0.3, 0.4) is 0 Å². The number of ether oxygens (including phenoxy) is 1. The Balaban J connectivity index is 1.90. The predicted molar refractivity (Wildman–Crippen MR) is 83.5 cm³/mol. The first-order valence-corrected chi connectivity index (χ1v) is 7.75. The Morgan fingerprint density at radius 3 is 2.73 bits per heavy atom. The number of nitrogens with zero attached hydrogens (tertiary/aromatic N) is 2. The summed E-state index contributed by atoms with van der Waals surface area (Å²) in [6, 6.07) is 1.92. The zero-order valence-corrected chi connectivity index (χ0v) is 14.4. The van der Waals surface area contributed by atoms with Crippen molar-refractivity contribution in [3.63, 3.8) is 0 Å². The van der Waals surface area contributed by atoms with Crippen molar-refractivity contribution in [1.29, 1.82) is 0 Å². The zero-order chi connectivity index (χ0) is 16.5. The number of carbonyl (C=O) groups excluding carboxylic acids is 1. The minimum absolute atomic E-state index is 0.0878. The summed E-state index contributed by atoms with van der Waals surface area (Å²) < 4.78 is 10.8. The predicted octanol–water partition coefficient (Wildman–Crippen LogP) is 2.58. The molecular weight excluding hydrogens is 282 g/mol. The van der Waals surface area contributed by atoms with Gasteiger partial charge in [0.2, 0.25) is 0 Å². The summed E-state index contributed by atoms with van der Waals surface area (Å²) >= 11 is 0. The molecule has 1 N–H and O–H groups in total. The van der Waals surface area contributed by atoms with Gasteiger partial charge in [-0.1, -0.05) is 25.9 Å². The average molecular weight is 309 g/mol. The molecule has 1 heterocycles. The Morgan fingerprint density at radius 2 is 2.23 bits per heavy atom. The van der Waals surface area contributed by atoms with Gasteiger partial charge in [-0.2, -0.15) is 0 Å². The van der Waals surface area contributed by atoms with E-state index in [1.807, 2.05) is 20.0 Å². The van der Waals surface area contributed by atoms with Gasteiger partial charge in [0, 0.05) is 31.7 Å². The van der Waals surface area contributed by atoms with Crippen LogP contribution in [0.2, 0.25) is 0 Å². The summed E-state index contributed by atoms with van der Waals surface area (Å²) in [4.78, 5) is 14.1. The molecule has 2 atom stereocenters. The molecule has 0 unspecified atom stereocenters. The number of methoxy groups -OCH3 is 1. The van der Waals surface area contributed by atoms with Crippen molar-refractivity contribution in [2.75, 3.05) is 14.2 Å². The molecule has 1 aliphatic rings. The van der Waals surface area contributed by atoms with Crippen molar-refractivity contribution in [2.24, 2.45) is 5.41 Å². The van der Waals surface area contributed by atoms with Crippen LogP contribution in [-0.2, 0) is 17.7 Å². The maximum absolute atomic E-state index is 12.3. The molecule has 2 rings (SSSR count). The van der Waals surface area contributed by atoms with Gasteiger partial charge in [-0.05, 0) is 19.8 Å². The van der Waals surface area contributed by atoms with Gasteiger partial charge in [-0.3, -0.25) is 0 Å². The van der Waals surface area contributed by atoms with E-state index >= 15 is 0 Å². The van der Waals surface area contributed by atoms with Crippen molar-refractivity contribution in [2.45, 2.75) is 58.7 Å². The Labute approximate surface area is 132 Å². The lowest BCUT2D eigenvalue weighted by molar-refractivity contribution is -0.198. The lowest BCUT2D eigenvalue weighted by atomic mass is 9.55. The molecule has 2 amide bonds. The maximum atomic E-state index is 12.3. The average Bonchev–Trinajstić information content (AvgIpc) is 2.97. The number of carbonyl (C=O) groups is 1. The van der Waals surface area contributed by atoms with Gasteiger partial charge in [0.15, 0.2) is 5.76 Å². The number of urea groups is 1. The smallest absolute Gasteiger partial charge is 0.317 e. The Kier molecular flexibility index (Phi) is 4.52. The van der Waals surface area contributed by atoms with E-state index in [1.165, 1.54) is 0 Å². The number of nitrogens with one attached hydrogen (secondary N) is 1. The van der Waals surface area contributed by atoms with Crippen molar-refractivity contribution in [3.05, 3.63) is 17.5 Å². The topological polar surface area (TPSA) is 67.6 Å². The van der Waals surface area contributed by atoms with Crippen LogP contribution < -0.4 is 5.32 Å². The van der Waals surface area contributed by atoms with Crippen LogP contribution in [0.1, 0.15) is 45.6 Å². The third-order valence-electron chi connectivity index (χ3n) is 5.40. The first kappa shape index (κ1) is 16.8. The molecule has 0 spiro atoms. The molecular formula is C16H27N3O3. The van der Waals surface area contributed by atoms with Crippen LogP contribution in [0.4, 0.5) is 4.79 Å². The fourth-order valence-electron chi connectivity index (χ4n) is 3.11. The van der Waals surface area contributed by atoms with Crippen LogP contribution in [0.25, 0.3) is 0 Å². The summed E-state index contributed by atoms with van der Waals surface area (Å²) in [6.07, 6.45) is 1.66. The number of amides is 2. The van der Waals surface area contributed by atoms with Gasteiger partial charge in [-0.15, -0.1) is 0 Å². The molecule has 1 aromatic heterocycles. The highest BCUT2D eigenvalue weighted by molar-refractivity contribution is 5.74. The Morgan fingerprint density at radius 1 is 1.55 bits per heavy atom. The van der Waals surface area contributed by atoms with Gasteiger partial charge in [0.05, 0.1) is 17.8 Å². The molecule has 0 aliphatic heterocycles. The van der Waals surface area contributed by atoms with Gasteiger partial charge in [0.25, 0.3) is 0 Å². The molecule has 1 aromatic rings. The van der Waals surface area contributed by atoms with E-state index in [4.69, 9.17) is 9.26 Å². The van der Waals surface area contributed by atoms with E-state index in [0.717, 1.165) is 18.5 Å². The molecule has 0 aromatic carbocycles. The molecule has 0 saturated heterocycles. The molecule has 22 heavy (non-hydrogen) atoms. The maximum Gasteiger partial charge on any atom is 0.317 e. The van der Waals surface area contributed by atoms with Crippen molar-refractivity contribution < 1.29 is 14.1 Å². The third kappa shape index (κ3) is 2.72. The molecule has 0 radical (unpaired) electrons. The zero-order valence-electron chi connectivity index (χ0n) is 14.4. The molecule has 1 fully saturated rings.